The van der Waals surface area contributed by atoms with Crippen molar-refractivity contribution in [2.24, 2.45) is 0 Å². The van der Waals surface area contributed by atoms with Crippen molar-refractivity contribution in [1.82, 2.24) is 15.1 Å². The van der Waals surface area contributed by atoms with Crippen molar-refractivity contribution in [2.75, 3.05) is 18.4 Å². The molecule has 0 aliphatic carbocycles. The molecule has 5 nitrogen and oxygen atoms in total. The van der Waals surface area contributed by atoms with Crippen LogP contribution in [-0.4, -0.2) is 28.8 Å². The third-order valence-electron chi connectivity index (χ3n) is 2.60. The van der Waals surface area contributed by atoms with Gasteiger partial charge in [-0.2, -0.15) is 5.10 Å². The van der Waals surface area contributed by atoms with Crippen LogP contribution in [0.4, 0.5) is 5.69 Å². The van der Waals surface area contributed by atoms with E-state index < -0.39 is 0 Å². The van der Waals surface area contributed by atoms with Gasteiger partial charge in [0, 0.05) is 13.1 Å². The lowest BCUT2D eigenvalue weighted by atomic mass is 10.1. The first kappa shape index (κ1) is 10.2. The molecule has 0 spiro atoms. The summed E-state index contributed by atoms with van der Waals surface area (Å²) in [5.74, 6) is -0.0557. The summed E-state index contributed by atoms with van der Waals surface area (Å²) in [6.07, 6.45) is 5.79. The van der Waals surface area contributed by atoms with Crippen molar-refractivity contribution < 1.29 is 4.79 Å². The van der Waals surface area contributed by atoms with Gasteiger partial charge in [0.05, 0.1) is 17.9 Å². The highest BCUT2D eigenvalue weighted by molar-refractivity contribution is 5.88. The molecule has 1 amide bonds. The summed E-state index contributed by atoms with van der Waals surface area (Å²) < 4.78 is 1.95. The fourth-order valence-corrected chi connectivity index (χ4v) is 1.88. The van der Waals surface area contributed by atoms with Crippen LogP contribution in [0.15, 0.2) is 12.4 Å². The molecule has 2 N–H and O–H groups in total. The van der Waals surface area contributed by atoms with Crippen molar-refractivity contribution >= 4 is 11.6 Å². The number of aromatic nitrogens is 2. The molecule has 0 radical (unpaired) electrons. The molecule has 15 heavy (non-hydrogen) atoms. The van der Waals surface area contributed by atoms with Crippen LogP contribution in [-0.2, 0) is 4.79 Å². The van der Waals surface area contributed by atoms with Gasteiger partial charge in [-0.1, -0.05) is 0 Å². The number of piperidine rings is 1. The fraction of sp³-hybridized carbons (Fsp3) is 0.600. The first-order valence-corrected chi connectivity index (χ1v) is 5.28. The van der Waals surface area contributed by atoms with Crippen molar-refractivity contribution in [3.63, 3.8) is 0 Å². The summed E-state index contributed by atoms with van der Waals surface area (Å²) in [7, 11) is 0. The molecule has 5 heteroatoms. The molecule has 1 aromatic rings. The zero-order valence-corrected chi connectivity index (χ0v) is 8.86. The van der Waals surface area contributed by atoms with E-state index >= 15 is 0 Å². The monoisotopic (exact) mass is 208 g/mol. The number of nitrogens with zero attached hydrogens (tertiary/aromatic N) is 2. The van der Waals surface area contributed by atoms with Gasteiger partial charge in [-0.15, -0.1) is 0 Å². The second-order valence-electron chi connectivity index (χ2n) is 3.87. The minimum atomic E-state index is -0.0557. The van der Waals surface area contributed by atoms with E-state index in [9.17, 15) is 4.79 Å². The van der Waals surface area contributed by atoms with Crippen LogP contribution in [0, 0.1) is 0 Å². The Hall–Kier alpha value is -1.36. The zero-order chi connectivity index (χ0) is 10.7. The highest BCUT2D eigenvalue weighted by Crippen LogP contribution is 2.19. The van der Waals surface area contributed by atoms with E-state index in [1.54, 1.807) is 6.20 Å². The minimum Gasteiger partial charge on any atom is -0.324 e. The van der Waals surface area contributed by atoms with E-state index in [-0.39, 0.29) is 5.91 Å². The molecule has 1 fully saturated rings. The summed E-state index contributed by atoms with van der Waals surface area (Å²) in [6, 6.07) is 0.466. The number of rotatable bonds is 2. The average molecular weight is 208 g/mol. The van der Waals surface area contributed by atoms with Crippen LogP contribution >= 0.6 is 0 Å². The Labute approximate surface area is 88.8 Å². The predicted octanol–water partition coefficient (Wildman–Crippen LogP) is 0.766. The maximum Gasteiger partial charge on any atom is 0.221 e. The van der Waals surface area contributed by atoms with Crippen molar-refractivity contribution in [2.45, 2.75) is 25.8 Å². The molecular formula is C10H16N4O. The summed E-state index contributed by atoms with van der Waals surface area (Å²) in [5, 5.41) is 10.3. The second-order valence-corrected chi connectivity index (χ2v) is 3.87. The fourth-order valence-electron chi connectivity index (χ4n) is 1.88. The zero-order valence-electron chi connectivity index (χ0n) is 8.86. The van der Waals surface area contributed by atoms with Gasteiger partial charge in [0.25, 0.3) is 0 Å². The number of hydrogen-bond acceptors (Lipinski definition) is 3. The second kappa shape index (κ2) is 4.44. The van der Waals surface area contributed by atoms with Crippen LogP contribution in [0.1, 0.15) is 25.8 Å². The molecule has 2 rings (SSSR count). The molecule has 1 aliphatic rings. The van der Waals surface area contributed by atoms with Crippen LogP contribution in [0.5, 0.6) is 0 Å². The minimum absolute atomic E-state index is 0.0557. The predicted molar refractivity (Wildman–Crippen MR) is 57.7 cm³/mol. The molecule has 0 atom stereocenters. The highest BCUT2D eigenvalue weighted by atomic mass is 16.1. The van der Waals surface area contributed by atoms with Gasteiger partial charge in [0.1, 0.15) is 0 Å². The van der Waals surface area contributed by atoms with Crippen LogP contribution < -0.4 is 10.6 Å². The Morgan fingerprint density at radius 1 is 1.60 bits per heavy atom. The molecule has 82 valence electrons. The third kappa shape index (κ3) is 2.56. The molecule has 2 heterocycles. The Kier molecular flexibility index (Phi) is 3.01. The van der Waals surface area contributed by atoms with E-state index in [0.29, 0.717) is 6.04 Å². The molecule has 0 unspecified atom stereocenters. The van der Waals surface area contributed by atoms with E-state index in [0.717, 1.165) is 31.6 Å². The first-order valence-electron chi connectivity index (χ1n) is 5.28. The number of carbonyl (C=O) groups is 1. The van der Waals surface area contributed by atoms with Gasteiger partial charge in [-0.25, -0.2) is 0 Å². The molecule has 1 aromatic heterocycles. The lowest BCUT2D eigenvalue weighted by molar-refractivity contribution is -0.114. The first-order chi connectivity index (χ1) is 7.25. The molecule has 0 saturated carbocycles. The Morgan fingerprint density at radius 2 is 2.33 bits per heavy atom. The number of nitrogens with one attached hydrogen (secondary N) is 2. The molecule has 0 bridgehead atoms. The summed E-state index contributed by atoms with van der Waals surface area (Å²) in [4.78, 5) is 10.8. The molecule has 0 aromatic carbocycles. The highest BCUT2D eigenvalue weighted by Gasteiger charge is 2.15. The summed E-state index contributed by atoms with van der Waals surface area (Å²) in [5.41, 5.74) is 0.779. The van der Waals surface area contributed by atoms with E-state index in [2.05, 4.69) is 15.7 Å². The largest absolute Gasteiger partial charge is 0.324 e. The van der Waals surface area contributed by atoms with Gasteiger partial charge in [-0.3, -0.25) is 9.48 Å². The molecular weight excluding hydrogens is 192 g/mol. The number of hydrogen-bond donors (Lipinski definition) is 2. The SMILES string of the molecule is CC(=O)Nc1cnn(C2CCNCC2)c1. The van der Waals surface area contributed by atoms with E-state index in [1.807, 2.05) is 10.9 Å². The van der Waals surface area contributed by atoms with E-state index in [1.165, 1.54) is 6.92 Å². The van der Waals surface area contributed by atoms with Gasteiger partial charge in [0.2, 0.25) is 5.91 Å². The smallest absolute Gasteiger partial charge is 0.221 e. The Bertz CT molecular complexity index is 341. The maximum absolute atomic E-state index is 10.8. The topological polar surface area (TPSA) is 59.0 Å². The summed E-state index contributed by atoms with van der Waals surface area (Å²) >= 11 is 0. The normalized spacial score (nSPS) is 17.7. The lowest BCUT2D eigenvalue weighted by Gasteiger charge is -2.22. The van der Waals surface area contributed by atoms with Crippen molar-refractivity contribution in [3.8, 4) is 0 Å². The van der Waals surface area contributed by atoms with Crippen molar-refractivity contribution in [1.29, 1.82) is 0 Å². The van der Waals surface area contributed by atoms with Gasteiger partial charge in [-0.05, 0) is 25.9 Å². The van der Waals surface area contributed by atoms with Crippen molar-refractivity contribution in [3.05, 3.63) is 12.4 Å². The Morgan fingerprint density at radius 3 is 3.00 bits per heavy atom. The number of anilines is 1. The van der Waals surface area contributed by atoms with E-state index in [4.69, 9.17) is 0 Å². The lowest BCUT2D eigenvalue weighted by Crippen LogP contribution is -2.29. The molecule has 1 aliphatic heterocycles. The summed E-state index contributed by atoms with van der Waals surface area (Å²) in [6.45, 7) is 3.59. The van der Waals surface area contributed by atoms with Gasteiger partial charge < -0.3 is 10.6 Å². The third-order valence-corrected chi connectivity index (χ3v) is 2.60. The quantitative estimate of drug-likeness (QED) is 0.754. The maximum atomic E-state index is 10.8. The van der Waals surface area contributed by atoms with Crippen LogP contribution in [0.3, 0.4) is 0 Å². The standard InChI is InChI=1S/C10H16N4O/c1-8(15)13-9-6-12-14(7-9)10-2-4-11-5-3-10/h6-7,10-11H,2-5H2,1H3,(H,13,15). The number of carbonyl (C=O) groups excluding carboxylic acids is 1. The van der Waals surface area contributed by atoms with Gasteiger partial charge in [0.15, 0.2) is 0 Å². The average Bonchev–Trinajstić information content (AvgIpc) is 2.67. The molecule has 1 saturated heterocycles. The van der Waals surface area contributed by atoms with Crippen LogP contribution in [0.2, 0.25) is 0 Å². The van der Waals surface area contributed by atoms with Crippen LogP contribution in [0.25, 0.3) is 0 Å². The number of amides is 1. The Balaban J connectivity index is 2.02. The van der Waals surface area contributed by atoms with Gasteiger partial charge >= 0.3 is 0 Å².